The van der Waals surface area contributed by atoms with E-state index in [-0.39, 0.29) is 30.5 Å². The molecule has 0 aliphatic heterocycles. The molecule has 0 spiro atoms. The fraction of sp³-hybridized carbons (Fsp3) is 0.440. The van der Waals surface area contributed by atoms with Gasteiger partial charge in [-0.25, -0.2) is 8.42 Å². The fourth-order valence-corrected chi connectivity index (χ4v) is 4.41. The topological polar surface area (TPSA) is 86.8 Å². The first-order chi connectivity index (χ1) is 16.7. The molecule has 36 heavy (non-hydrogen) atoms. The lowest BCUT2D eigenvalue weighted by Gasteiger charge is -2.33. The van der Waals surface area contributed by atoms with Crippen LogP contribution in [0.5, 0.6) is 0 Å². The fourth-order valence-electron chi connectivity index (χ4n) is 3.57. The molecule has 1 N–H and O–H groups in total. The Kier molecular flexibility index (Phi) is 9.92. The van der Waals surface area contributed by atoms with Gasteiger partial charge >= 0.3 is 6.18 Å². The molecule has 2 rings (SSSR count). The van der Waals surface area contributed by atoms with Crippen molar-refractivity contribution in [2.24, 2.45) is 5.92 Å². The Morgan fingerprint density at radius 3 is 2.19 bits per heavy atom. The van der Waals surface area contributed by atoms with Gasteiger partial charge in [0.25, 0.3) is 0 Å². The highest BCUT2D eigenvalue weighted by molar-refractivity contribution is 7.92. The van der Waals surface area contributed by atoms with Crippen LogP contribution in [0.25, 0.3) is 0 Å². The number of benzene rings is 2. The van der Waals surface area contributed by atoms with E-state index in [1.54, 1.807) is 37.3 Å². The largest absolute Gasteiger partial charge is 0.416 e. The first kappa shape index (κ1) is 29.2. The van der Waals surface area contributed by atoms with Crippen molar-refractivity contribution in [3.05, 3.63) is 65.7 Å². The summed E-state index contributed by atoms with van der Waals surface area (Å²) in [5.41, 5.74) is -0.620. The Bertz CT molecular complexity index is 1140. The van der Waals surface area contributed by atoms with Gasteiger partial charge in [-0.15, -0.1) is 0 Å². The first-order valence-corrected chi connectivity index (χ1v) is 13.3. The number of alkyl halides is 3. The Hall–Kier alpha value is -3.08. The molecule has 2 aromatic carbocycles. The number of nitrogens with one attached hydrogen (secondary N) is 1. The predicted molar refractivity (Wildman–Crippen MR) is 133 cm³/mol. The molecular formula is C25H32F3N3O4S. The molecule has 0 aromatic heterocycles. The maximum Gasteiger partial charge on any atom is 0.416 e. The molecule has 7 nitrogen and oxygen atoms in total. The number of carbonyl (C=O) groups excluding carboxylic acids is 2. The number of carbonyl (C=O) groups is 2. The van der Waals surface area contributed by atoms with Crippen LogP contribution in [0, 0.1) is 5.92 Å². The molecule has 11 heteroatoms. The average molecular weight is 528 g/mol. The summed E-state index contributed by atoms with van der Waals surface area (Å²) < 4.78 is 65.5. The number of nitrogens with zero attached hydrogens (tertiary/aromatic N) is 2. The van der Waals surface area contributed by atoms with Crippen molar-refractivity contribution in [1.82, 2.24) is 10.2 Å². The van der Waals surface area contributed by atoms with Crippen molar-refractivity contribution in [2.75, 3.05) is 23.7 Å². The van der Waals surface area contributed by atoms with Crippen LogP contribution in [0.2, 0.25) is 0 Å². The van der Waals surface area contributed by atoms with E-state index in [0.29, 0.717) is 22.5 Å². The van der Waals surface area contributed by atoms with E-state index in [2.05, 4.69) is 5.32 Å². The SMILES string of the molecule is CCC(C(=O)NCC(C)C)N(Cc1ccccc1)C(=O)CN(c1cccc(C(F)(F)F)c1)S(C)(=O)=O. The molecule has 0 saturated heterocycles. The molecule has 0 saturated carbocycles. The molecule has 0 radical (unpaired) electrons. The minimum absolute atomic E-state index is 0.0213. The molecule has 0 aliphatic carbocycles. The summed E-state index contributed by atoms with van der Waals surface area (Å²) in [6.07, 6.45) is -3.62. The third-order valence-corrected chi connectivity index (χ3v) is 6.55. The van der Waals surface area contributed by atoms with Crippen molar-refractivity contribution in [2.45, 2.75) is 46.0 Å². The molecule has 198 valence electrons. The van der Waals surface area contributed by atoms with Gasteiger partial charge in [-0.3, -0.25) is 13.9 Å². The van der Waals surface area contributed by atoms with E-state index in [1.807, 2.05) is 13.8 Å². The van der Waals surface area contributed by atoms with Crippen LogP contribution in [0.1, 0.15) is 38.3 Å². The van der Waals surface area contributed by atoms with Gasteiger partial charge in [0, 0.05) is 13.1 Å². The minimum atomic E-state index is -4.69. The Morgan fingerprint density at radius 2 is 1.67 bits per heavy atom. The van der Waals surface area contributed by atoms with Gasteiger partial charge in [-0.05, 0) is 36.1 Å². The third-order valence-electron chi connectivity index (χ3n) is 5.41. The Morgan fingerprint density at radius 1 is 1.03 bits per heavy atom. The van der Waals surface area contributed by atoms with Gasteiger partial charge in [0.1, 0.15) is 12.6 Å². The maximum atomic E-state index is 13.5. The minimum Gasteiger partial charge on any atom is -0.354 e. The number of halogens is 3. The summed E-state index contributed by atoms with van der Waals surface area (Å²) in [4.78, 5) is 27.8. The molecule has 0 heterocycles. The van der Waals surface area contributed by atoms with Gasteiger partial charge in [0.05, 0.1) is 17.5 Å². The van der Waals surface area contributed by atoms with Gasteiger partial charge in [-0.2, -0.15) is 13.2 Å². The molecule has 1 atom stereocenters. The number of hydrogen-bond acceptors (Lipinski definition) is 4. The number of sulfonamides is 1. The molecule has 0 bridgehead atoms. The van der Waals surface area contributed by atoms with Crippen LogP contribution in [0.15, 0.2) is 54.6 Å². The Balaban J connectivity index is 2.44. The van der Waals surface area contributed by atoms with Crippen LogP contribution >= 0.6 is 0 Å². The van der Waals surface area contributed by atoms with Crippen molar-refractivity contribution in [1.29, 1.82) is 0 Å². The van der Waals surface area contributed by atoms with E-state index in [9.17, 15) is 31.2 Å². The van der Waals surface area contributed by atoms with Crippen LogP contribution in [-0.4, -0.2) is 50.5 Å². The summed E-state index contributed by atoms with van der Waals surface area (Å²) >= 11 is 0. The van der Waals surface area contributed by atoms with Crippen LogP contribution < -0.4 is 9.62 Å². The first-order valence-electron chi connectivity index (χ1n) is 11.5. The molecule has 0 aliphatic rings. The number of amides is 2. The van der Waals surface area contributed by atoms with Gasteiger partial charge in [0.15, 0.2) is 0 Å². The highest BCUT2D eigenvalue weighted by Crippen LogP contribution is 2.32. The maximum absolute atomic E-state index is 13.5. The van der Waals surface area contributed by atoms with Crippen LogP contribution in [-0.2, 0) is 32.3 Å². The zero-order chi connectivity index (χ0) is 27.1. The molecular weight excluding hydrogens is 495 g/mol. The second kappa shape index (κ2) is 12.2. The van der Waals surface area contributed by atoms with Crippen molar-refractivity contribution in [3.8, 4) is 0 Å². The molecule has 2 amide bonds. The van der Waals surface area contributed by atoms with E-state index in [4.69, 9.17) is 0 Å². The quantitative estimate of drug-likeness (QED) is 0.478. The summed E-state index contributed by atoms with van der Waals surface area (Å²) in [7, 11) is -4.14. The highest BCUT2D eigenvalue weighted by Gasteiger charge is 2.34. The molecule has 2 aromatic rings. The second-order valence-electron chi connectivity index (χ2n) is 8.89. The normalized spacial score (nSPS) is 12.8. The van der Waals surface area contributed by atoms with Crippen molar-refractivity contribution >= 4 is 27.5 Å². The second-order valence-corrected chi connectivity index (χ2v) is 10.8. The number of anilines is 1. The average Bonchev–Trinajstić information content (AvgIpc) is 2.80. The summed E-state index contributed by atoms with van der Waals surface area (Å²) in [5, 5.41) is 2.80. The van der Waals surface area contributed by atoms with E-state index < -0.39 is 40.3 Å². The number of hydrogen-bond donors (Lipinski definition) is 1. The lowest BCUT2D eigenvalue weighted by Crippen LogP contribution is -2.52. The van der Waals surface area contributed by atoms with Gasteiger partial charge < -0.3 is 10.2 Å². The van der Waals surface area contributed by atoms with E-state index in [0.717, 1.165) is 18.4 Å². The summed E-state index contributed by atoms with van der Waals surface area (Å²) in [6.45, 7) is 5.23. The lowest BCUT2D eigenvalue weighted by atomic mass is 10.1. The van der Waals surface area contributed by atoms with Crippen molar-refractivity contribution in [3.63, 3.8) is 0 Å². The summed E-state index contributed by atoms with van der Waals surface area (Å²) in [5.74, 6) is -0.931. The van der Waals surface area contributed by atoms with Crippen LogP contribution in [0.3, 0.4) is 0 Å². The van der Waals surface area contributed by atoms with E-state index >= 15 is 0 Å². The number of rotatable bonds is 11. The molecule has 0 fully saturated rings. The summed E-state index contributed by atoms with van der Waals surface area (Å²) in [6, 6.07) is 11.7. The monoisotopic (exact) mass is 527 g/mol. The van der Waals surface area contributed by atoms with Crippen LogP contribution in [0.4, 0.5) is 18.9 Å². The standard InChI is InChI=1S/C25H32F3N3O4S/c1-5-22(24(33)29-15-18(2)3)30(16-19-10-7-6-8-11-19)23(32)17-31(36(4,34)35)21-13-9-12-20(14-21)25(26,27)28/h6-14,18,22H,5,15-17H2,1-4H3,(H,29,33). The van der Waals surface area contributed by atoms with Gasteiger partial charge in [-0.1, -0.05) is 57.2 Å². The smallest absolute Gasteiger partial charge is 0.354 e. The molecule has 1 unspecified atom stereocenters. The lowest BCUT2D eigenvalue weighted by molar-refractivity contribution is -0.140. The van der Waals surface area contributed by atoms with E-state index in [1.165, 1.54) is 11.0 Å². The third kappa shape index (κ3) is 8.25. The zero-order valence-electron chi connectivity index (χ0n) is 20.7. The zero-order valence-corrected chi connectivity index (χ0v) is 21.6. The Labute approximate surface area is 210 Å². The predicted octanol–water partition coefficient (Wildman–Crippen LogP) is 4.05. The van der Waals surface area contributed by atoms with Gasteiger partial charge in [0.2, 0.25) is 21.8 Å². The van der Waals surface area contributed by atoms with Crippen molar-refractivity contribution < 1.29 is 31.2 Å². The highest BCUT2D eigenvalue weighted by atomic mass is 32.2.